The van der Waals surface area contributed by atoms with E-state index in [2.05, 4.69) is 35.0 Å². The molecule has 5 rings (SSSR count). The number of nitrogens with zero attached hydrogens (tertiary/aromatic N) is 8. The van der Waals surface area contributed by atoms with E-state index >= 15 is 0 Å². The van der Waals surface area contributed by atoms with Gasteiger partial charge in [-0.1, -0.05) is 0 Å². The minimum absolute atomic E-state index is 0.0955. The smallest absolute Gasteiger partial charge is 0.375 e. The predicted molar refractivity (Wildman–Crippen MR) is 108 cm³/mol. The maximum absolute atomic E-state index is 13.0. The first kappa shape index (κ1) is 20.8. The fourth-order valence-electron chi connectivity index (χ4n) is 3.31. The lowest BCUT2D eigenvalue weighted by atomic mass is 10.2. The van der Waals surface area contributed by atoms with Crippen molar-refractivity contribution in [3.63, 3.8) is 0 Å². The lowest BCUT2D eigenvalue weighted by Crippen LogP contribution is -2.11. The zero-order chi connectivity index (χ0) is 23.0. The first-order valence-corrected chi connectivity index (χ1v) is 9.81. The fraction of sp³-hybridized carbons (Fsp3) is 0.263. The molecule has 0 spiro atoms. The van der Waals surface area contributed by atoms with Crippen LogP contribution in [0.5, 0.6) is 0 Å². The first-order chi connectivity index (χ1) is 15.9. The average Bonchev–Trinajstić information content (AvgIpc) is 3.58. The fourth-order valence-corrected chi connectivity index (χ4v) is 3.31. The van der Waals surface area contributed by atoms with Gasteiger partial charge in [0.25, 0.3) is 0 Å². The standard InChI is InChI=1S/C19H17F3N10O/c1-11(31-3-2-23-10-31)7-33-8-12-4-25-18-27-14(16-28-17(30-29-16)19(20,21)22)15(32(18)6-12)13-5-24-9-26-13/h2-6,9-11H,7-8H2,1H3,(H,24,26)(H,28,29,30). The Hall–Kier alpha value is -4.07. The number of aromatic amines is 2. The lowest BCUT2D eigenvalue weighted by molar-refractivity contribution is -0.144. The summed E-state index contributed by atoms with van der Waals surface area (Å²) in [5.41, 5.74) is 1.82. The first-order valence-electron chi connectivity index (χ1n) is 9.81. The van der Waals surface area contributed by atoms with Crippen molar-refractivity contribution in [1.29, 1.82) is 0 Å². The molecule has 1 unspecified atom stereocenters. The number of rotatable bonds is 7. The van der Waals surface area contributed by atoms with Crippen molar-refractivity contribution in [3.05, 3.63) is 55.0 Å². The van der Waals surface area contributed by atoms with Crippen LogP contribution in [-0.2, 0) is 17.5 Å². The molecule has 0 saturated heterocycles. The molecular formula is C19H17F3N10O. The van der Waals surface area contributed by atoms with E-state index in [0.29, 0.717) is 18.0 Å². The van der Waals surface area contributed by atoms with Gasteiger partial charge in [-0.05, 0) is 6.92 Å². The third kappa shape index (κ3) is 4.07. The third-order valence-electron chi connectivity index (χ3n) is 4.91. The van der Waals surface area contributed by atoms with Gasteiger partial charge in [0.05, 0.1) is 43.8 Å². The number of hydrogen-bond donors (Lipinski definition) is 2. The summed E-state index contributed by atoms with van der Waals surface area (Å²) in [6.07, 6.45) is 6.97. The highest BCUT2D eigenvalue weighted by atomic mass is 19.4. The highest BCUT2D eigenvalue weighted by Crippen LogP contribution is 2.32. The van der Waals surface area contributed by atoms with Crippen molar-refractivity contribution < 1.29 is 17.9 Å². The van der Waals surface area contributed by atoms with Crippen LogP contribution in [-0.4, -0.2) is 55.7 Å². The summed E-state index contributed by atoms with van der Waals surface area (Å²) in [5, 5.41) is 5.62. The summed E-state index contributed by atoms with van der Waals surface area (Å²) in [6, 6.07) is 0.0955. The minimum atomic E-state index is -4.66. The van der Waals surface area contributed by atoms with Gasteiger partial charge in [0.1, 0.15) is 11.4 Å². The molecule has 0 aromatic carbocycles. The average molecular weight is 458 g/mol. The summed E-state index contributed by atoms with van der Waals surface area (Å²) in [4.78, 5) is 23.2. The zero-order valence-electron chi connectivity index (χ0n) is 17.2. The van der Waals surface area contributed by atoms with Gasteiger partial charge in [0.2, 0.25) is 17.4 Å². The Labute approximate surface area is 183 Å². The molecule has 1 atom stereocenters. The van der Waals surface area contributed by atoms with Crippen LogP contribution in [0.3, 0.4) is 0 Å². The number of H-pyrrole nitrogens is 2. The Morgan fingerprint density at radius 1 is 1.18 bits per heavy atom. The van der Waals surface area contributed by atoms with Gasteiger partial charge in [-0.15, -0.1) is 0 Å². The van der Waals surface area contributed by atoms with E-state index in [1.54, 1.807) is 29.3 Å². The number of imidazole rings is 3. The number of aromatic nitrogens is 10. The molecular weight excluding hydrogens is 441 g/mol. The van der Waals surface area contributed by atoms with Gasteiger partial charge in [0.15, 0.2) is 0 Å². The highest BCUT2D eigenvalue weighted by Gasteiger charge is 2.36. The van der Waals surface area contributed by atoms with Gasteiger partial charge in [-0.25, -0.2) is 24.9 Å². The number of hydrogen-bond acceptors (Lipinski definition) is 7. The Bertz CT molecular complexity index is 1350. The van der Waals surface area contributed by atoms with Crippen molar-refractivity contribution in [3.8, 4) is 22.9 Å². The van der Waals surface area contributed by atoms with E-state index in [1.165, 1.54) is 12.5 Å². The second-order valence-corrected chi connectivity index (χ2v) is 7.29. The third-order valence-corrected chi connectivity index (χ3v) is 4.91. The molecule has 0 bridgehead atoms. The molecule has 0 aliphatic heterocycles. The molecule has 33 heavy (non-hydrogen) atoms. The summed E-state index contributed by atoms with van der Waals surface area (Å²) < 4.78 is 48.4. The van der Waals surface area contributed by atoms with Crippen LogP contribution in [0.1, 0.15) is 24.4 Å². The lowest BCUT2D eigenvalue weighted by Gasteiger charge is -2.13. The van der Waals surface area contributed by atoms with Crippen molar-refractivity contribution >= 4 is 5.78 Å². The second kappa shape index (κ2) is 8.12. The normalized spacial score (nSPS) is 13.1. The summed E-state index contributed by atoms with van der Waals surface area (Å²) in [6.45, 7) is 2.73. The van der Waals surface area contributed by atoms with Crippen LogP contribution in [0.25, 0.3) is 28.7 Å². The minimum Gasteiger partial charge on any atom is -0.375 e. The van der Waals surface area contributed by atoms with Crippen LogP contribution in [0, 0.1) is 0 Å². The van der Waals surface area contributed by atoms with E-state index in [1.807, 2.05) is 22.8 Å². The Kier molecular flexibility index (Phi) is 5.12. The van der Waals surface area contributed by atoms with Crippen LogP contribution in [0.15, 0.2) is 43.6 Å². The van der Waals surface area contributed by atoms with E-state index in [9.17, 15) is 13.2 Å². The maximum Gasteiger partial charge on any atom is 0.451 e. The van der Waals surface area contributed by atoms with Crippen molar-refractivity contribution in [2.45, 2.75) is 25.7 Å². The van der Waals surface area contributed by atoms with E-state index in [-0.39, 0.29) is 29.9 Å². The SMILES string of the molecule is CC(COCc1cnc2nc(-c3n[nH]c(C(F)(F)F)n3)c(-c3cnc[nH]3)n2c1)n1ccnc1. The van der Waals surface area contributed by atoms with Gasteiger partial charge < -0.3 is 14.3 Å². The quantitative estimate of drug-likeness (QED) is 0.384. The van der Waals surface area contributed by atoms with Gasteiger partial charge >= 0.3 is 6.18 Å². The summed E-state index contributed by atoms with van der Waals surface area (Å²) in [7, 11) is 0. The van der Waals surface area contributed by atoms with E-state index in [0.717, 1.165) is 5.56 Å². The Morgan fingerprint density at radius 3 is 2.76 bits per heavy atom. The van der Waals surface area contributed by atoms with Crippen molar-refractivity contribution in [1.82, 2.24) is 49.1 Å². The molecule has 0 fully saturated rings. The number of fused-ring (bicyclic) bond motifs is 1. The number of halogens is 3. The molecule has 5 aromatic heterocycles. The number of nitrogens with one attached hydrogen (secondary N) is 2. The number of ether oxygens (including phenoxy) is 1. The van der Waals surface area contributed by atoms with Crippen LogP contribution in [0.2, 0.25) is 0 Å². The monoisotopic (exact) mass is 458 g/mol. The summed E-state index contributed by atoms with van der Waals surface area (Å²) in [5.74, 6) is -1.15. The molecule has 14 heteroatoms. The molecule has 2 N–H and O–H groups in total. The molecule has 5 heterocycles. The van der Waals surface area contributed by atoms with E-state index in [4.69, 9.17) is 4.74 Å². The molecule has 0 radical (unpaired) electrons. The van der Waals surface area contributed by atoms with Crippen molar-refractivity contribution in [2.24, 2.45) is 0 Å². The molecule has 170 valence electrons. The Balaban J connectivity index is 1.47. The molecule has 0 amide bonds. The molecule has 5 aromatic rings. The Morgan fingerprint density at radius 2 is 2.06 bits per heavy atom. The zero-order valence-corrected chi connectivity index (χ0v) is 17.2. The van der Waals surface area contributed by atoms with Crippen LogP contribution in [0.4, 0.5) is 13.2 Å². The predicted octanol–water partition coefficient (Wildman–Crippen LogP) is 2.90. The van der Waals surface area contributed by atoms with Gasteiger partial charge in [0, 0.05) is 30.4 Å². The second-order valence-electron chi connectivity index (χ2n) is 7.29. The topological polar surface area (TPSA) is 127 Å². The van der Waals surface area contributed by atoms with Crippen LogP contribution < -0.4 is 0 Å². The largest absolute Gasteiger partial charge is 0.451 e. The van der Waals surface area contributed by atoms with Gasteiger partial charge in [-0.2, -0.15) is 18.3 Å². The summed E-state index contributed by atoms with van der Waals surface area (Å²) >= 11 is 0. The maximum atomic E-state index is 13.0. The number of alkyl halides is 3. The molecule has 0 aliphatic carbocycles. The van der Waals surface area contributed by atoms with E-state index < -0.39 is 12.0 Å². The highest BCUT2D eigenvalue weighted by molar-refractivity contribution is 5.76. The van der Waals surface area contributed by atoms with Crippen LogP contribution >= 0.6 is 0 Å². The molecule has 0 saturated carbocycles. The van der Waals surface area contributed by atoms with Crippen molar-refractivity contribution in [2.75, 3.05) is 6.61 Å². The molecule has 11 nitrogen and oxygen atoms in total. The molecule has 0 aliphatic rings. The van der Waals surface area contributed by atoms with Gasteiger partial charge in [-0.3, -0.25) is 9.50 Å².